The zero-order valence-electron chi connectivity index (χ0n) is 22.2. The number of ether oxygens (including phenoxy) is 3. The van der Waals surface area contributed by atoms with Crippen molar-refractivity contribution in [1.82, 2.24) is 9.97 Å². The van der Waals surface area contributed by atoms with Crippen LogP contribution in [0.4, 0.5) is 11.5 Å². The fraction of sp³-hybridized carbons (Fsp3) is 0.613. The number of aliphatic imine (C=N–C) groups is 1. The third kappa shape index (κ3) is 2.57. The van der Waals surface area contributed by atoms with Gasteiger partial charge in [0.25, 0.3) is 0 Å². The average Bonchev–Trinajstić information content (AvgIpc) is 3.49. The molecule has 3 unspecified atom stereocenters. The maximum atomic E-state index is 12.2. The number of aryl methyl sites for hydroxylation is 1. The second-order valence-electron chi connectivity index (χ2n) is 13.7. The molecule has 1 aromatic heterocycles. The fourth-order valence-corrected chi connectivity index (χ4v) is 10.7. The van der Waals surface area contributed by atoms with Gasteiger partial charge in [-0.1, -0.05) is 24.3 Å². The number of nitrogens with one attached hydrogen (secondary N) is 1. The minimum Gasteiger partial charge on any atom is -0.479 e. The van der Waals surface area contributed by atoms with E-state index in [-0.39, 0.29) is 11.5 Å². The lowest BCUT2D eigenvalue weighted by Gasteiger charge is -2.91. The lowest BCUT2D eigenvalue weighted by molar-refractivity contribution is -0.379. The molecule has 2 N–H and O–H groups in total. The van der Waals surface area contributed by atoms with Gasteiger partial charge >= 0.3 is 5.97 Å². The molecule has 6 fully saturated rings. The summed E-state index contributed by atoms with van der Waals surface area (Å²) in [7, 11) is 0. The van der Waals surface area contributed by atoms with Crippen LogP contribution >= 0.6 is 0 Å². The quantitative estimate of drug-likeness (QED) is 0.606. The SMILES string of the molecule is O=C(O)[C@H]1O[C@@H](C2C=Nc3c(ncnc3NC34CC5CC6CC(C3)C654)CC2)[C@H]2OC3(Cc4ccccc4C3)O[C@H]21. The molecular formula is C31H32N4O5. The zero-order chi connectivity index (χ0) is 26.4. The molecule has 9 heteroatoms. The van der Waals surface area contributed by atoms with E-state index in [1.54, 1.807) is 6.33 Å². The van der Waals surface area contributed by atoms with Crippen LogP contribution in [0.1, 0.15) is 48.9 Å². The summed E-state index contributed by atoms with van der Waals surface area (Å²) in [5, 5.41) is 13.9. The third-order valence-corrected chi connectivity index (χ3v) is 12.2. The summed E-state index contributed by atoms with van der Waals surface area (Å²) in [6, 6.07) is 8.23. The number of hydrogen-bond acceptors (Lipinski definition) is 8. The van der Waals surface area contributed by atoms with Crippen molar-refractivity contribution >= 4 is 23.7 Å². The molecule has 2 aromatic rings. The topological polar surface area (TPSA) is 115 Å². The van der Waals surface area contributed by atoms with Gasteiger partial charge in [0.2, 0.25) is 0 Å². The van der Waals surface area contributed by atoms with Crippen LogP contribution in [0.25, 0.3) is 0 Å². The summed E-state index contributed by atoms with van der Waals surface area (Å²) in [6.45, 7) is 0. The maximum absolute atomic E-state index is 12.2. The highest BCUT2D eigenvalue weighted by molar-refractivity contribution is 5.77. The van der Waals surface area contributed by atoms with Gasteiger partial charge in [0.05, 0.1) is 11.8 Å². The first-order valence-corrected chi connectivity index (χ1v) is 15.0. The van der Waals surface area contributed by atoms with Crippen molar-refractivity contribution in [3.8, 4) is 0 Å². The highest BCUT2D eigenvalue weighted by atomic mass is 16.8. The van der Waals surface area contributed by atoms with Crippen LogP contribution in [-0.2, 0) is 38.3 Å². The molecule has 4 heterocycles. The molecule has 7 atom stereocenters. The first-order valence-electron chi connectivity index (χ1n) is 15.0. The molecule has 206 valence electrons. The number of nitrogens with zero attached hydrogens (tertiary/aromatic N) is 3. The van der Waals surface area contributed by atoms with E-state index in [1.807, 2.05) is 18.3 Å². The standard InChI is InChI=1S/C31H32N4O5/c36-28(37)26-25-24(39-30(40-25)9-15-3-1-2-4-16(15)10-30)23(38-26)17-5-6-21-22(32-13-17)27(34-14-33-21)35-29-11-19-7-18-8-20(12-29)31(18,19)29/h1-4,13-14,17-20,23-26H,5-12H2,(H,36,37)(H,33,34,35)/t17?,18?,19?,20?,23-,24+,25+,26-,29?,31?/m0/s1. The summed E-state index contributed by atoms with van der Waals surface area (Å²) < 4.78 is 19.3. The average molecular weight is 541 g/mol. The molecule has 9 nitrogen and oxygen atoms in total. The number of hydrogen-bond donors (Lipinski definition) is 2. The highest BCUT2D eigenvalue weighted by Gasteiger charge is 2.88. The van der Waals surface area contributed by atoms with E-state index in [0.717, 1.165) is 47.8 Å². The van der Waals surface area contributed by atoms with Gasteiger partial charge in [-0.15, -0.1) is 0 Å². The van der Waals surface area contributed by atoms with Crippen molar-refractivity contribution in [3.05, 3.63) is 47.4 Å². The molecule has 5 aliphatic carbocycles. The first kappa shape index (κ1) is 22.8. The second kappa shape index (κ2) is 7.30. The number of aliphatic carboxylic acids is 1. The van der Waals surface area contributed by atoms with Crippen LogP contribution in [0.15, 0.2) is 35.6 Å². The number of anilines is 1. The minimum atomic E-state index is -1.07. The molecule has 2 saturated heterocycles. The van der Waals surface area contributed by atoms with Gasteiger partial charge < -0.3 is 24.6 Å². The van der Waals surface area contributed by atoms with Gasteiger partial charge in [-0.3, -0.25) is 4.99 Å². The molecule has 10 rings (SSSR count). The molecule has 3 aliphatic heterocycles. The highest BCUT2D eigenvalue weighted by Crippen LogP contribution is 2.89. The first-order chi connectivity index (χ1) is 19.5. The molecule has 0 radical (unpaired) electrons. The number of carboxylic acids is 1. The number of benzene rings is 1. The summed E-state index contributed by atoms with van der Waals surface area (Å²) in [4.78, 5) is 26.5. The summed E-state index contributed by atoms with van der Waals surface area (Å²) >= 11 is 0. The number of carboxylic acid groups (broad SMARTS) is 1. The molecule has 0 amide bonds. The van der Waals surface area contributed by atoms with Gasteiger partial charge in [0.1, 0.15) is 24.2 Å². The minimum absolute atomic E-state index is 0.123. The number of carbonyl (C=O) groups is 1. The third-order valence-electron chi connectivity index (χ3n) is 12.2. The van der Waals surface area contributed by atoms with Crippen molar-refractivity contribution < 1.29 is 24.1 Å². The van der Waals surface area contributed by atoms with Crippen molar-refractivity contribution in [1.29, 1.82) is 0 Å². The van der Waals surface area contributed by atoms with E-state index in [0.29, 0.717) is 18.3 Å². The Morgan fingerprint density at radius 3 is 2.42 bits per heavy atom. The smallest absolute Gasteiger partial charge is 0.335 e. The normalized spacial score (nSPS) is 45.4. The molecule has 0 bridgehead atoms. The lowest BCUT2D eigenvalue weighted by atomic mass is 9.15. The number of aromatic nitrogens is 2. The summed E-state index contributed by atoms with van der Waals surface area (Å²) in [6.07, 6.45) is 8.99. The molecule has 1 aromatic carbocycles. The maximum Gasteiger partial charge on any atom is 0.335 e. The predicted molar refractivity (Wildman–Crippen MR) is 142 cm³/mol. The Kier molecular flexibility index (Phi) is 4.16. The molecule has 40 heavy (non-hydrogen) atoms. The van der Waals surface area contributed by atoms with Crippen LogP contribution in [0, 0.1) is 29.1 Å². The van der Waals surface area contributed by atoms with Crippen molar-refractivity contribution in [2.24, 2.45) is 34.1 Å². The largest absolute Gasteiger partial charge is 0.479 e. The van der Waals surface area contributed by atoms with Crippen LogP contribution in [0.5, 0.6) is 0 Å². The molecular weight excluding hydrogens is 508 g/mol. The van der Waals surface area contributed by atoms with E-state index in [2.05, 4.69) is 27.4 Å². The van der Waals surface area contributed by atoms with Crippen molar-refractivity contribution in [3.63, 3.8) is 0 Å². The monoisotopic (exact) mass is 540 g/mol. The Hall–Kier alpha value is -2.88. The van der Waals surface area contributed by atoms with E-state index in [4.69, 9.17) is 19.2 Å². The predicted octanol–water partition coefficient (Wildman–Crippen LogP) is 3.47. The Morgan fingerprint density at radius 2 is 1.73 bits per heavy atom. The molecule has 4 saturated carbocycles. The summed E-state index contributed by atoms with van der Waals surface area (Å²) in [5.74, 6) is 1.61. The number of rotatable bonds is 4. The second-order valence-corrected chi connectivity index (χ2v) is 13.7. The van der Waals surface area contributed by atoms with Crippen LogP contribution in [0.3, 0.4) is 0 Å². The Balaban J connectivity index is 0.928. The van der Waals surface area contributed by atoms with E-state index in [1.165, 1.54) is 36.8 Å². The van der Waals surface area contributed by atoms with E-state index < -0.39 is 36.2 Å². The van der Waals surface area contributed by atoms with E-state index >= 15 is 0 Å². The lowest BCUT2D eigenvalue weighted by Crippen LogP contribution is -2.91. The van der Waals surface area contributed by atoms with Gasteiger partial charge in [-0.2, -0.15) is 0 Å². The van der Waals surface area contributed by atoms with Crippen LogP contribution in [-0.4, -0.2) is 63.0 Å². The Labute approximate surface area is 231 Å². The van der Waals surface area contributed by atoms with Crippen LogP contribution < -0.4 is 5.32 Å². The fourth-order valence-electron chi connectivity index (χ4n) is 10.7. The zero-order valence-corrected chi connectivity index (χ0v) is 22.2. The Bertz CT molecular complexity index is 1460. The summed E-state index contributed by atoms with van der Waals surface area (Å²) in [5.41, 5.74) is 4.89. The van der Waals surface area contributed by atoms with Gasteiger partial charge in [-0.25, -0.2) is 14.8 Å². The molecule has 8 aliphatic rings. The molecule has 2 spiro atoms. The van der Waals surface area contributed by atoms with E-state index in [9.17, 15) is 9.90 Å². The van der Waals surface area contributed by atoms with Gasteiger partial charge in [0.15, 0.2) is 17.7 Å². The van der Waals surface area contributed by atoms with Crippen molar-refractivity contribution in [2.75, 3.05) is 5.32 Å². The van der Waals surface area contributed by atoms with Crippen LogP contribution in [0.2, 0.25) is 0 Å². The van der Waals surface area contributed by atoms with Gasteiger partial charge in [-0.05, 0) is 67.4 Å². The Morgan fingerprint density at radius 1 is 0.975 bits per heavy atom. The van der Waals surface area contributed by atoms with Gasteiger partial charge in [0, 0.05) is 35.9 Å². The van der Waals surface area contributed by atoms with Crippen molar-refractivity contribution in [2.45, 2.75) is 87.1 Å². The number of fused-ring (bicyclic) bond motifs is 3.